The van der Waals surface area contributed by atoms with Gasteiger partial charge in [-0.1, -0.05) is 20.8 Å². The first-order chi connectivity index (χ1) is 10.0. The van der Waals surface area contributed by atoms with Gasteiger partial charge in [0, 0.05) is 19.3 Å². The predicted molar refractivity (Wildman–Crippen MR) is 76.0 cm³/mol. The number of hydrogen-bond acceptors (Lipinski definition) is 5. The van der Waals surface area contributed by atoms with Crippen LogP contribution in [0.3, 0.4) is 0 Å². The molecule has 1 amide bonds. The van der Waals surface area contributed by atoms with E-state index in [1.54, 1.807) is 0 Å². The van der Waals surface area contributed by atoms with Gasteiger partial charge in [0.15, 0.2) is 0 Å². The second-order valence-corrected chi connectivity index (χ2v) is 5.82. The fourth-order valence-electron chi connectivity index (χ4n) is 1.46. The lowest BCUT2D eigenvalue weighted by Crippen LogP contribution is -2.49. The van der Waals surface area contributed by atoms with Gasteiger partial charge in [-0.05, 0) is 11.5 Å². The average molecular weight is 319 g/mol. The highest BCUT2D eigenvalue weighted by molar-refractivity contribution is 5.82. The summed E-state index contributed by atoms with van der Waals surface area (Å²) in [6.07, 6.45) is -3.50. The summed E-state index contributed by atoms with van der Waals surface area (Å²) >= 11 is 0. The van der Waals surface area contributed by atoms with Crippen LogP contribution in [0.4, 0.5) is 19.1 Å². The van der Waals surface area contributed by atoms with E-state index in [1.165, 1.54) is 0 Å². The van der Waals surface area contributed by atoms with E-state index in [0.717, 1.165) is 12.3 Å². The third-order valence-electron chi connectivity index (χ3n) is 2.87. The topological polar surface area (TPSA) is 92.9 Å². The molecule has 0 fully saturated rings. The number of aromatic nitrogens is 2. The maximum absolute atomic E-state index is 12.5. The fourth-order valence-corrected chi connectivity index (χ4v) is 1.46. The maximum atomic E-state index is 12.5. The van der Waals surface area contributed by atoms with Gasteiger partial charge in [-0.3, -0.25) is 4.79 Å². The number of amides is 1. The number of anilines is 1. The van der Waals surface area contributed by atoms with Crippen molar-refractivity contribution in [2.45, 2.75) is 33.0 Å². The summed E-state index contributed by atoms with van der Waals surface area (Å²) in [5.41, 5.74) is 4.38. The molecule has 0 bridgehead atoms. The number of nitrogens with one attached hydrogen (secondary N) is 2. The number of alkyl halides is 3. The number of hydrogen-bond donors (Lipinski definition) is 3. The standard InChI is InChI=1S/C13H20F3N5O/c1-12(2,3)9(17)10(22)18-6-7-20-11-19-5-4-8(21-11)13(14,15)16/h4-5,9H,6-7,17H2,1-3H3,(H,18,22)(H,19,20,21)/t9-/m1/s1. The Balaban J connectivity index is 2.44. The molecule has 1 heterocycles. The van der Waals surface area contributed by atoms with Crippen LogP contribution in [0.1, 0.15) is 26.5 Å². The second-order valence-electron chi connectivity index (χ2n) is 5.82. The normalized spacial score (nSPS) is 13.6. The molecule has 0 aliphatic heterocycles. The molecule has 4 N–H and O–H groups in total. The van der Waals surface area contributed by atoms with Crippen LogP contribution in [0.25, 0.3) is 0 Å². The third-order valence-corrected chi connectivity index (χ3v) is 2.87. The molecule has 0 aliphatic rings. The van der Waals surface area contributed by atoms with Gasteiger partial charge in [0.2, 0.25) is 11.9 Å². The van der Waals surface area contributed by atoms with Crippen LogP contribution in [-0.2, 0) is 11.0 Å². The summed E-state index contributed by atoms with van der Waals surface area (Å²) in [5.74, 6) is -0.469. The van der Waals surface area contributed by atoms with E-state index in [4.69, 9.17) is 5.73 Å². The molecule has 0 aliphatic carbocycles. The van der Waals surface area contributed by atoms with E-state index in [9.17, 15) is 18.0 Å². The minimum absolute atomic E-state index is 0.149. The van der Waals surface area contributed by atoms with Crippen LogP contribution in [-0.4, -0.2) is 35.0 Å². The van der Waals surface area contributed by atoms with Gasteiger partial charge >= 0.3 is 6.18 Å². The van der Waals surface area contributed by atoms with E-state index in [0.29, 0.717) is 0 Å². The van der Waals surface area contributed by atoms with Gasteiger partial charge in [-0.2, -0.15) is 13.2 Å². The van der Waals surface area contributed by atoms with Gasteiger partial charge in [-0.15, -0.1) is 0 Å². The smallest absolute Gasteiger partial charge is 0.353 e. The van der Waals surface area contributed by atoms with Crippen LogP contribution < -0.4 is 16.4 Å². The Morgan fingerprint density at radius 1 is 1.32 bits per heavy atom. The van der Waals surface area contributed by atoms with Crippen LogP contribution in [0.15, 0.2) is 12.3 Å². The Kier molecular flexibility index (Phi) is 5.70. The van der Waals surface area contributed by atoms with Crippen molar-refractivity contribution in [3.8, 4) is 0 Å². The number of halogens is 3. The van der Waals surface area contributed by atoms with Crippen molar-refractivity contribution in [2.24, 2.45) is 11.1 Å². The van der Waals surface area contributed by atoms with Crippen LogP contribution >= 0.6 is 0 Å². The highest BCUT2D eigenvalue weighted by Crippen LogP contribution is 2.27. The lowest BCUT2D eigenvalue weighted by molar-refractivity contribution is -0.141. The predicted octanol–water partition coefficient (Wildman–Crippen LogP) is 1.40. The molecule has 1 rings (SSSR count). The number of rotatable bonds is 5. The maximum Gasteiger partial charge on any atom is 0.433 e. The van der Waals surface area contributed by atoms with Gasteiger partial charge < -0.3 is 16.4 Å². The molecule has 9 heteroatoms. The first kappa shape index (κ1) is 18.1. The molecule has 0 saturated carbocycles. The molecular weight excluding hydrogens is 299 g/mol. The van der Waals surface area contributed by atoms with Crippen LogP contribution in [0.5, 0.6) is 0 Å². The van der Waals surface area contributed by atoms with E-state index in [2.05, 4.69) is 20.6 Å². The van der Waals surface area contributed by atoms with Crippen molar-refractivity contribution in [3.05, 3.63) is 18.0 Å². The first-order valence-corrected chi connectivity index (χ1v) is 6.69. The van der Waals surface area contributed by atoms with Gasteiger partial charge in [0.25, 0.3) is 0 Å². The highest BCUT2D eigenvalue weighted by atomic mass is 19.4. The monoisotopic (exact) mass is 319 g/mol. The molecule has 1 aromatic heterocycles. The van der Waals surface area contributed by atoms with Crippen molar-refractivity contribution < 1.29 is 18.0 Å². The molecule has 1 atom stereocenters. The van der Waals surface area contributed by atoms with Gasteiger partial charge in [-0.25, -0.2) is 9.97 Å². The lowest BCUT2D eigenvalue weighted by Gasteiger charge is -2.25. The summed E-state index contributed by atoms with van der Waals surface area (Å²) in [4.78, 5) is 18.8. The number of carbonyl (C=O) groups is 1. The third kappa shape index (κ3) is 5.47. The van der Waals surface area contributed by atoms with Crippen LogP contribution in [0.2, 0.25) is 0 Å². The molecule has 6 nitrogen and oxygen atoms in total. The zero-order chi connectivity index (χ0) is 17.0. The molecule has 0 unspecified atom stereocenters. The Morgan fingerprint density at radius 3 is 2.50 bits per heavy atom. The molecule has 0 aromatic carbocycles. The highest BCUT2D eigenvalue weighted by Gasteiger charge is 2.32. The number of nitrogens with zero attached hydrogens (tertiary/aromatic N) is 2. The lowest BCUT2D eigenvalue weighted by atomic mass is 9.87. The molecule has 0 saturated heterocycles. The molecule has 1 aromatic rings. The van der Waals surface area contributed by atoms with Crippen molar-refractivity contribution in [1.82, 2.24) is 15.3 Å². The quantitative estimate of drug-likeness (QED) is 0.713. The Hall–Kier alpha value is -1.90. The molecular formula is C13H20F3N5O. The summed E-state index contributed by atoms with van der Waals surface area (Å²) in [6, 6.07) is 0.118. The largest absolute Gasteiger partial charge is 0.433 e. The summed E-state index contributed by atoms with van der Waals surface area (Å²) in [6.45, 7) is 5.90. The van der Waals surface area contributed by atoms with Gasteiger partial charge in [0.05, 0.1) is 6.04 Å². The molecule has 124 valence electrons. The summed E-state index contributed by atoms with van der Waals surface area (Å²) in [7, 11) is 0. The van der Waals surface area contributed by atoms with Crippen molar-refractivity contribution in [1.29, 1.82) is 0 Å². The first-order valence-electron chi connectivity index (χ1n) is 6.69. The Morgan fingerprint density at radius 2 is 1.95 bits per heavy atom. The van der Waals surface area contributed by atoms with E-state index < -0.39 is 17.9 Å². The van der Waals surface area contributed by atoms with E-state index in [-0.39, 0.29) is 30.4 Å². The molecule has 0 spiro atoms. The van der Waals surface area contributed by atoms with Crippen LogP contribution in [0, 0.1) is 5.41 Å². The zero-order valence-corrected chi connectivity index (χ0v) is 12.7. The van der Waals surface area contributed by atoms with Gasteiger partial charge in [0.1, 0.15) is 5.69 Å². The summed E-state index contributed by atoms with van der Waals surface area (Å²) in [5, 5.41) is 5.21. The van der Waals surface area contributed by atoms with Crippen molar-refractivity contribution >= 4 is 11.9 Å². The Labute approximate surface area is 126 Å². The van der Waals surface area contributed by atoms with Crippen molar-refractivity contribution in [3.63, 3.8) is 0 Å². The molecule has 22 heavy (non-hydrogen) atoms. The Bertz CT molecular complexity index is 513. The minimum Gasteiger partial charge on any atom is -0.353 e. The zero-order valence-electron chi connectivity index (χ0n) is 12.7. The minimum atomic E-state index is -4.52. The fraction of sp³-hybridized carbons (Fsp3) is 0.615. The average Bonchev–Trinajstić information content (AvgIpc) is 2.41. The number of carbonyl (C=O) groups excluding carboxylic acids is 1. The molecule has 0 radical (unpaired) electrons. The summed E-state index contributed by atoms with van der Waals surface area (Å²) < 4.78 is 37.4. The SMILES string of the molecule is CC(C)(C)[C@H](N)C(=O)NCCNc1nccc(C(F)(F)F)n1. The van der Waals surface area contributed by atoms with E-state index >= 15 is 0 Å². The van der Waals surface area contributed by atoms with E-state index in [1.807, 2.05) is 20.8 Å². The van der Waals surface area contributed by atoms with Crippen molar-refractivity contribution in [2.75, 3.05) is 18.4 Å². The number of nitrogens with two attached hydrogens (primary N) is 1. The second kappa shape index (κ2) is 6.91.